The Balaban J connectivity index is 1.57. The Kier molecular flexibility index (Phi) is 6.56. The summed E-state index contributed by atoms with van der Waals surface area (Å²) in [6.07, 6.45) is 0. The largest absolute Gasteiger partial charge is 0.486 e. The van der Waals surface area contributed by atoms with Crippen LogP contribution in [-0.4, -0.2) is 23.5 Å². The predicted molar refractivity (Wildman–Crippen MR) is 108 cm³/mol. The molecular weight excluding hydrogens is 395 g/mol. The van der Waals surface area contributed by atoms with Crippen LogP contribution in [0.3, 0.4) is 0 Å². The average Bonchev–Trinajstić information content (AvgIpc) is 3.13. The van der Waals surface area contributed by atoms with E-state index in [1.807, 2.05) is 12.3 Å². The Morgan fingerprint density at radius 3 is 2.69 bits per heavy atom. The maximum atomic E-state index is 13.6. The number of thiazole rings is 1. The lowest BCUT2D eigenvalue weighted by Gasteiger charge is -2.11. The zero-order valence-electron chi connectivity index (χ0n) is 15.9. The van der Waals surface area contributed by atoms with Crippen LogP contribution in [0, 0.1) is 19.7 Å². The average molecular weight is 414 g/mol. The molecule has 0 saturated carbocycles. The van der Waals surface area contributed by atoms with Crippen LogP contribution in [0.1, 0.15) is 26.6 Å². The van der Waals surface area contributed by atoms with Gasteiger partial charge < -0.3 is 14.8 Å². The molecule has 1 amide bonds. The summed E-state index contributed by atoms with van der Waals surface area (Å²) in [5.74, 6) is -1.36. The number of para-hydroxylation sites is 1. The molecule has 150 valence electrons. The fraction of sp³-hybridized carbons (Fsp3) is 0.190. The van der Waals surface area contributed by atoms with E-state index >= 15 is 0 Å². The number of aryl methyl sites for hydroxylation is 2. The first-order valence-electron chi connectivity index (χ1n) is 8.78. The number of aromatic nitrogens is 1. The third-order valence-corrected chi connectivity index (χ3v) is 4.76. The van der Waals surface area contributed by atoms with Gasteiger partial charge in [0.25, 0.3) is 5.91 Å². The fourth-order valence-electron chi connectivity index (χ4n) is 2.46. The molecule has 0 saturated heterocycles. The van der Waals surface area contributed by atoms with Gasteiger partial charge in [0.15, 0.2) is 6.61 Å². The molecule has 3 aromatic rings. The van der Waals surface area contributed by atoms with Crippen molar-refractivity contribution in [2.75, 3.05) is 11.9 Å². The van der Waals surface area contributed by atoms with Gasteiger partial charge in [0.2, 0.25) is 0 Å². The molecule has 29 heavy (non-hydrogen) atoms. The summed E-state index contributed by atoms with van der Waals surface area (Å²) in [6, 6.07) is 10.9. The molecule has 6 nitrogen and oxygen atoms in total. The Morgan fingerprint density at radius 1 is 1.17 bits per heavy atom. The molecule has 0 fully saturated rings. The standard InChI is InChI=1S/C21H19FN2O4S/c1-13-7-8-15(9-18(13)22)24-20(25)11-28-21(26)17-5-3-4-6-19(17)27-10-16-12-29-14(2)23-16/h3-9,12H,10-11H2,1-2H3,(H,24,25). The van der Waals surface area contributed by atoms with Gasteiger partial charge in [0, 0.05) is 11.1 Å². The van der Waals surface area contributed by atoms with E-state index in [-0.39, 0.29) is 17.9 Å². The Bertz CT molecular complexity index is 1040. The predicted octanol–water partition coefficient (Wildman–Crippen LogP) is 4.27. The second-order valence-corrected chi connectivity index (χ2v) is 7.29. The van der Waals surface area contributed by atoms with Crippen LogP contribution in [0.25, 0.3) is 0 Å². The SMILES string of the molecule is Cc1nc(COc2ccccc2C(=O)OCC(=O)Nc2ccc(C)c(F)c2)cs1. The van der Waals surface area contributed by atoms with Gasteiger partial charge in [-0.05, 0) is 43.7 Å². The third-order valence-electron chi connectivity index (χ3n) is 3.94. The van der Waals surface area contributed by atoms with E-state index in [1.165, 1.54) is 17.4 Å². The second-order valence-electron chi connectivity index (χ2n) is 6.23. The van der Waals surface area contributed by atoms with Crippen LogP contribution in [0.4, 0.5) is 10.1 Å². The molecular formula is C21H19FN2O4S. The van der Waals surface area contributed by atoms with E-state index in [0.29, 0.717) is 11.3 Å². The molecule has 0 aliphatic carbocycles. The van der Waals surface area contributed by atoms with Crippen molar-refractivity contribution in [2.24, 2.45) is 0 Å². The molecule has 0 atom stereocenters. The van der Waals surface area contributed by atoms with Crippen molar-refractivity contribution >= 4 is 28.9 Å². The number of benzene rings is 2. The zero-order chi connectivity index (χ0) is 20.8. The van der Waals surface area contributed by atoms with Gasteiger partial charge >= 0.3 is 5.97 Å². The van der Waals surface area contributed by atoms with Crippen molar-refractivity contribution in [1.82, 2.24) is 4.98 Å². The quantitative estimate of drug-likeness (QED) is 0.584. The molecule has 0 aliphatic heterocycles. The van der Waals surface area contributed by atoms with E-state index in [4.69, 9.17) is 9.47 Å². The molecule has 0 aliphatic rings. The Labute approximate surface area is 171 Å². The van der Waals surface area contributed by atoms with Crippen LogP contribution in [0.2, 0.25) is 0 Å². The number of hydrogen-bond acceptors (Lipinski definition) is 6. The smallest absolute Gasteiger partial charge is 0.342 e. The zero-order valence-corrected chi connectivity index (χ0v) is 16.7. The minimum Gasteiger partial charge on any atom is -0.486 e. The minimum atomic E-state index is -0.694. The maximum absolute atomic E-state index is 13.6. The molecule has 1 aromatic heterocycles. The van der Waals surface area contributed by atoms with Gasteiger partial charge in [-0.15, -0.1) is 11.3 Å². The first-order chi connectivity index (χ1) is 13.9. The van der Waals surface area contributed by atoms with Crippen molar-refractivity contribution in [3.8, 4) is 5.75 Å². The highest BCUT2D eigenvalue weighted by Gasteiger charge is 2.16. The number of nitrogens with zero attached hydrogens (tertiary/aromatic N) is 1. The van der Waals surface area contributed by atoms with Crippen LogP contribution < -0.4 is 10.1 Å². The number of ether oxygens (including phenoxy) is 2. The number of carbonyl (C=O) groups excluding carboxylic acids is 2. The van der Waals surface area contributed by atoms with Crippen molar-refractivity contribution in [2.45, 2.75) is 20.5 Å². The maximum Gasteiger partial charge on any atom is 0.342 e. The van der Waals surface area contributed by atoms with Crippen molar-refractivity contribution < 1.29 is 23.5 Å². The van der Waals surface area contributed by atoms with Gasteiger partial charge in [-0.1, -0.05) is 18.2 Å². The van der Waals surface area contributed by atoms with Crippen LogP contribution in [0.15, 0.2) is 47.8 Å². The van der Waals surface area contributed by atoms with Crippen molar-refractivity contribution in [1.29, 1.82) is 0 Å². The second kappa shape index (κ2) is 9.29. The first-order valence-corrected chi connectivity index (χ1v) is 9.66. The fourth-order valence-corrected chi connectivity index (χ4v) is 3.06. The van der Waals surface area contributed by atoms with Gasteiger partial charge in [0.05, 0.1) is 10.7 Å². The molecule has 1 N–H and O–H groups in total. The number of anilines is 1. The van der Waals surface area contributed by atoms with Gasteiger partial charge in [-0.3, -0.25) is 4.79 Å². The topological polar surface area (TPSA) is 77.5 Å². The molecule has 3 rings (SSSR count). The summed E-state index contributed by atoms with van der Waals surface area (Å²) in [4.78, 5) is 28.7. The lowest BCUT2D eigenvalue weighted by molar-refractivity contribution is -0.119. The normalized spacial score (nSPS) is 10.4. The van der Waals surface area contributed by atoms with Crippen LogP contribution in [-0.2, 0) is 16.1 Å². The molecule has 8 heteroatoms. The molecule has 0 unspecified atom stereocenters. The summed E-state index contributed by atoms with van der Waals surface area (Å²) < 4.78 is 24.3. The Morgan fingerprint density at radius 2 is 1.97 bits per heavy atom. The highest BCUT2D eigenvalue weighted by atomic mass is 32.1. The van der Waals surface area contributed by atoms with Crippen LogP contribution in [0.5, 0.6) is 5.75 Å². The highest BCUT2D eigenvalue weighted by Crippen LogP contribution is 2.21. The first kappa shape index (κ1) is 20.5. The summed E-state index contributed by atoms with van der Waals surface area (Å²) in [7, 11) is 0. The summed E-state index contributed by atoms with van der Waals surface area (Å²) in [5.41, 5.74) is 1.73. The van der Waals surface area contributed by atoms with Crippen molar-refractivity contribution in [3.63, 3.8) is 0 Å². The number of nitrogens with one attached hydrogen (secondary N) is 1. The summed E-state index contributed by atoms with van der Waals surface area (Å²) >= 11 is 1.51. The molecule has 1 heterocycles. The Hall–Kier alpha value is -3.26. The third kappa shape index (κ3) is 5.61. The number of halogens is 1. The lowest BCUT2D eigenvalue weighted by atomic mass is 10.2. The number of rotatable bonds is 7. The number of carbonyl (C=O) groups is 2. The van der Waals surface area contributed by atoms with E-state index < -0.39 is 24.3 Å². The number of hydrogen-bond donors (Lipinski definition) is 1. The number of esters is 1. The monoisotopic (exact) mass is 414 g/mol. The van der Waals surface area contributed by atoms with E-state index in [1.54, 1.807) is 43.3 Å². The summed E-state index contributed by atoms with van der Waals surface area (Å²) in [6.45, 7) is 3.23. The molecule has 0 radical (unpaired) electrons. The summed E-state index contributed by atoms with van der Waals surface area (Å²) in [5, 5.41) is 5.30. The molecule has 0 spiro atoms. The highest BCUT2D eigenvalue weighted by molar-refractivity contribution is 7.09. The van der Waals surface area contributed by atoms with Gasteiger partial charge in [-0.25, -0.2) is 14.2 Å². The van der Waals surface area contributed by atoms with E-state index in [2.05, 4.69) is 10.3 Å². The molecule has 0 bridgehead atoms. The van der Waals surface area contributed by atoms with Gasteiger partial charge in [0.1, 0.15) is 23.7 Å². The van der Waals surface area contributed by atoms with Gasteiger partial charge in [-0.2, -0.15) is 0 Å². The van der Waals surface area contributed by atoms with E-state index in [0.717, 1.165) is 10.7 Å². The van der Waals surface area contributed by atoms with Crippen molar-refractivity contribution in [3.05, 3.63) is 75.5 Å². The minimum absolute atomic E-state index is 0.202. The lowest BCUT2D eigenvalue weighted by Crippen LogP contribution is -2.21. The molecule has 2 aromatic carbocycles. The van der Waals surface area contributed by atoms with Crippen LogP contribution >= 0.6 is 11.3 Å². The van der Waals surface area contributed by atoms with E-state index in [9.17, 15) is 14.0 Å². The number of amides is 1.